The zero-order valence-electron chi connectivity index (χ0n) is 13.3. The third-order valence-corrected chi connectivity index (χ3v) is 4.48. The Bertz CT molecular complexity index is 481. The Morgan fingerprint density at radius 2 is 2.18 bits per heavy atom. The first kappa shape index (κ1) is 19.3. The minimum absolute atomic E-state index is 0. The average Bonchev–Trinajstić information content (AvgIpc) is 2.48. The van der Waals surface area contributed by atoms with E-state index < -0.39 is 0 Å². The molecule has 2 unspecified atom stereocenters. The predicted molar refractivity (Wildman–Crippen MR) is 94.7 cm³/mol. The minimum Gasteiger partial charge on any atom is -0.333 e. The molecule has 1 amide bonds. The van der Waals surface area contributed by atoms with Crippen LogP contribution in [0.25, 0.3) is 0 Å². The van der Waals surface area contributed by atoms with Crippen LogP contribution in [0.5, 0.6) is 0 Å². The van der Waals surface area contributed by atoms with Crippen LogP contribution < -0.4 is 5.32 Å². The summed E-state index contributed by atoms with van der Waals surface area (Å²) >= 11 is 6.32. The van der Waals surface area contributed by atoms with Crippen molar-refractivity contribution in [1.82, 2.24) is 10.2 Å². The maximum absolute atomic E-state index is 12.6. The van der Waals surface area contributed by atoms with Gasteiger partial charge in [-0.25, -0.2) is 0 Å². The molecule has 2 atom stereocenters. The first-order valence-electron chi connectivity index (χ1n) is 7.88. The lowest BCUT2D eigenvalue weighted by atomic mass is 9.98. The van der Waals surface area contributed by atoms with Crippen LogP contribution in [0.4, 0.5) is 0 Å². The third kappa shape index (κ3) is 4.87. The number of benzene rings is 1. The predicted octanol–water partition coefficient (Wildman–Crippen LogP) is 4.06. The van der Waals surface area contributed by atoms with Crippen LogP contribution >= 0.6 is 24.0 Å². The molecule has 5 heteroatoms. The molecule has 22 heavy (non-hydrogen) atoms. The van der Waals surface area contributed by atoms with Crippen LogP contribution in [0.1, 0.15) is 44.7 Å². The van der Waals surface area contributed by atoms with Gasteiger partial charge in [-0.3, -0.25) is 4.79 Å². The molecule has 1 fully saturated rings. The molecule has 0 radical (unpaired) electrons. The molecule has 1 aromatic carbocycles. The first-order valence-corrected chi connectivity index (χ1v) is 8.25. The van der Waals surface area contributed by atoms with Gasteiger partial charge in [0.15, 0.2) is 0 Å². The second-order valence-electron chi connectivity index (χ2n) is 5.93. The van der Waals surface area contributed by atoms with Crippen molar-refractivity contribution in [3.63, 3.8) is 0 Å². The number of nitrogens with one attached hydrogen (secondary N) is 1. The van der Waals surface area contributed by atoms with E-state index in [2.05, 4.69) is 19.2 Å². The normalized spacial score (nSPS) is 19.4. The monoisotopic (exact) mass is 344 g/mol. The lowest BCUT2D eigenvalue weighted by molar-refractivity contribution is -0.135. The summed E-state index contributed by atoms with van der Waals surface area (Å²) in [5, 5.41) is 4.11. The number of nitrogens with zero attached hydrogens (tertiary/aromatic N) is 1. The Morgan fingerprint density at radius 3 is 2.86 bits per heavy atom. The van der Waals surface area contributed by atoms with E-state index >= 15 is 0 Å². The van der Waals surface area contributed by atoms with Crippen molar-refractivity contribution in [2.75, 3.05) is 19.6 Å². The van der Waals surface area contributed by atoms with Crippen molar-refractivity contribution >= 4 is 29.9 Å². The molecular formula is C17H26Cl2N2O. The van der Waals surface area contributed by atoms with E-state index in [1.54, 1.807) is 0 Å². The van der Waals surface area contributed by atoms with E-state index in [4.69, 9.17) is 11.6 Å². The van der Waals surface area contributed by atoms with Crippen molar-refractivity contribution < 1.29 is 4.79 Å². The number of hydrogen-bond donors (Lipinski definition) is 1. The third-order valence-electron chi connectivity index (χ3n) is 4.13. The SMILES string of the molecule is CCCC(C)CC(=O)N1CCNCC1c1ccccc1Cl.Cl. The average molecular weight is 345 g/mol. The van der Waals surface area contributed by atoms with Gasteiger partial charge in [-0.1, -0.05) is 56.5 Å². The van der Waals surface area contributed by atoms with Crippen LogP contribution in [0.2, 0.25) is 5.02 Å². The van der Waals surface area contributed by atoms with Crippen LogP contribution in [-0.2, 0) is 4.79 Å². The van der Waals surface area contributed by atoms with Gasteiger partial charge in [-0.15, -0.1) is 12.4 Å². The molecule has 1 N–H and O–H groups in total. The fraction of sp³-hybridized carbons (Fsp3) is 0.588. The lowest BCUT2D eigenvalue weighted by Gasteiger charge is -2.37. The Hall–Kier alpha value is -0.770. The summed E-state index contributed by atoms with van der Waals surface area (Å²) in [6.07, 6.45) is 2.87. The lowest BCUT2D eigenvalue weighted by Crippen LogP contribution is -2.49. The van der Waals surface area contributed by atoms with E-state index in [1.165, 1.54) is 0 Å². The second-order valence-corrected chi connectivity index (χ2v) is 6.33. The number of piperazine rings is 1. The maximum atomic E-state index is 12.6. The number of rotatable bonds is 5. The van der Waals surface area contributed by atoms with Crippen molar-refractivity contribution in [3.8, 4) is 0 Å². The number of carbonyl (C=O) groups is 1. The quantitative estimate of drug-likeness (QED) is 0.873. The maximum Gasteiger partial charge on any atom is 0.223 e. The molecule has 0 spiro atoms. The highest BCUT2D eigenvalue weighted by molar-refractivity contribution is 6.31. The molecule has 0 saturated carbocycles. The van der Waals surface area contributed by atoms with Crippen LogP contribution in [0.15, 0.2) is 24.3 Å². The summed E-state index contributed by atoms with van der Waals surface area (Å²) in [5.41, 5.74) is 1.04. The van der Waals surface area contributed by atoms with Crippen LogP contribution in [-0.4, -0.2) is 30.4 Å². The highest BCUT2D eigenvalue weighted by Gasteiger charge is 2.29. The molecule has 0 aliphatic carbocycles. The van der Waals surface area contributed by atoms with Crippen LogP contribution in [0, 0.1) is 5.92 Å². The summed E-state index contributed by atoms with van der Waals surface area (Å²) in [7, 11) is 0. The molecule has 1 aliphatic rings. The molecule has 1 heterocycles. The van der Waals surface area contributed by atoms with E-state index in [0.717, 1.165) is 43.1 Å². The van der Waals surface area contributed by atoms with Gasteiger partial charge in [0.1, 0.15) is 0 Å². The van der Waals surface area contributed by atoms with Crippen molar-refractivity contribution in [1.29, 1.82) is 0 Å². The smallest absolute Gasteiger partial charge is 0.223 e. The Morgan fingerprint density at radius 1 is 1.45 bits per heavy atom. The highest BCUT2D eigenvalue weighted by atomic mass is 35.5. The van der Waals surface area contributed by atoms with Crippen molar-refractivity contribution in [2.45, 2.75) is 39.2 Å². The largest absolute Gasteiger partial charge is 0.333 e. The molecule has 1 aromatic rings. The van der Waals surface area contributed by atoms with E-state index in [1.807, 2.05) is 29.2 Å². The zero-order valence-corrected chi connectivity index (χ0v) is 14.9. The Labute approximate surface area is 144 Å². The van der Waals surface area contributed by atoms with Gasteiger partial charge >= 0.3 is 0 Å². The molecule has 3 nitrogen and oxygen atoms in total. The standard InChI is InChI=1S/C17H25ClN2O.ClH/c1-3-6-13(2)11-17(21)20-10-9-19-12-16(20)14-7-4-5-8-15(14)18;/h4-5,7-8,13,16,19H,3,6,9-12H2,1-2H3;1H. The minimum atomic E-state index is 0. The topological polar surface area (TPSA) is 32.3 Å². The van der Waals surface area contributed by atoms with Gasteiger partial charge in [-0.05, 0) is 17.5 Å². The molecule has 124 valence electrons. The second kappa shape index (κ2) is 9.39. The summed E-state index contributed by atoms with van der Waals surface area (Å²) < 4.78 is 0. The number of carbonyl (C=O) groups excluding carboxylic acids is 1. The van der Waals surface area contributed by atoms with Crippen molar-refractivity contribution in [3.05, 3.63) is 34.9 Å². The first-order chi connectivity index (χ1) is 10.1. The molecule has 0 aromatic heterocycles. The summed E-state index contributed by atoms with van der Waals surface area (Å²) in [6.45, 7) is 6.71. The van der Waals surface area contributed by atoms with Gasteiger partial charge in [0.05, 0.1) is 6.04 Å². The fourth-order valence-electron chi connectivity index (χ4n) is 3.04. The molecule has 1 aliphatic heterocycles. The van der Waals surface area contributed by atoms with Gasteiger partial charge in [0.25, 0.3) is 0 Å². The molecule has 0 bridgehead atoms. The summed E-state index contributed by atoms with van der Waals surface area (Å²) in [4.78, 5) is 14.6. The van der Waals surface area contributed by atoms with E-state index in [-0.39, 0.29) is 24.4 Å². The highest BCUT2D eigenvalue weighted by Crippen LogP contribution is 2.29. The number of amides is 1. The van der Waals surface area contributed by atoms with Gasteiger partial charge in [0.2, 0.25) is 5.91 Å². The van der Waals surface area contributed by atoms with Crippen LogP contribution in [0.3, 0.4) is 0 Å². The Balaban J connectivity index is 0.00000242. The van der Waals surface area contributed by atoms with Crippen molar-refractivity contribution in [2.24, 2.45) is 5.92 Å². The van der Waals surface area contributed by atoms with Gasteiger partial charge in [0, 0.05) is 31.1 Å². The number of halogens is 2. The fourth-order valence-corrected chi connectivity index (χ4v) is 3.30. The molecule has 1 saturated heterocycles. The zero-order chi connectivity index (χ0) is 15.2. The van der Waals surface area contributed by atoms with E-state index in [9.17, 15) is 4.79 Å². The number of hydrogen-bond acceptors (Lipinski definition) is 2. The van der Waals surface area contributed by atoms with E-state index in [0.29, 0.717) is 12.3 Å². The summed E-state index contributed by atoms with van der Waals surface area (Å²) in [5.74, 6) is 0.701. The molecular weight excluding hydrogens is 319 g/mol. The summed E-state index contributed by atoms with van der Waals surface area (Å²) in [6, 6.07) is 7.88. The molecule has 2 rings (SSSR count). The van der Waals surface area contributed by atoms with Gasteiger partial charge < -0.3 is 10.2 Å². The Kier molecular flexibility index (Phi) is 8.23. The van der Waals surface area contributed by atoms with Gasteiger partial charge in [-0.2, -0.15) is 0 Å².